The van der Waals surface area contributed by atoms with Crippen LogP contribution in [0.5, 0.6) is 0 Å². The summed E-state index contributed by atoms with van der Waals surface area (Å²) in [6, 6.07) is 11.9. The molecule has 0 aliphatic carbocycles. The van der Waals surface area contributed by atoms with Gasteiger partial charge in [0.2, 0.25) is 11.8 Å². The number of carbonyl (C=O) groups excluding carboxylic acids is 3. The van der Waals surface area contributed by atoms with Gasteiger partial charge in [0.15, 0.2) is 5.82 Å². The molecule has 2 saturated heterocycles. The Bertz CT molecular complexity index is 1420. The molecule has 13 heteroatoms. The summed E-state index contributed by atoms with van der Waals surface area (Å²) in [6.07, 6.45) is 2.43. The first-order valence-electron chi connectivity index (χ1n) is 14.6. The van der Waals surface area contributed by atoms with Crippen molar-refractivity contribution in [3.05, 3.63) is 59.9 Å². The first kappa shape index (κ1) is 30.1. The number of tetrazole rings is 1. The van der Waals surface area contributed by atoms with Crippen LogP contribution >= 0.6 is 0 Å². The molecule has 1 aromatic heterocycles. The number of nitrogens with one attached hydrogen (secondary N) is 2. The van der Waals surface area contributed by atoms with Gasteiger partial charge in [-0.1, -0.05) is 24.3 Å². The summed E-state index contributed by atoms with van der Waals surface area (Å²) in [6.45, 7) is 3.66. The molecule has 3 aromatic rings. The molecule has 228 valence electrons. The maximum absolute atomic E-state index is 13.6. The maximum Gasteiger partial charge on any atom is 0.319 e. The van der Waals surface area contributed by atoms with Gasteiger partial charge in [-0.3, -0.25) is 9.59 Å². The Morgan fingerprint density at radius 1 is 1.00 bits per heavy atom. The second kappa shape index (κ2) is 13.7. The number of rotatable bonds is 8. The second-order valence-electron chi connectivity index (χ2n) is 11.4. The molecule has 4 amide bonds. The molecule has 12 nitrogen and oxygen atoms in total. The molecule has 0 spiro atoms. The molecule has 2 aliphatic heterocycles. The molecule has 2 N–H and O–H groups in total. The number of carbonyl (C=O) groups is 3. The Balaban J connectivity index is 1.25. The average Bonchev–Trinajstić information content (AvgIpc) is 3.44. The fourth-order valence-corrected chi connectivity index (χ4v) is 5.70. The van der Waals surface area contributed by atoms with Crippen LogP contribution in [0.25, 0.3) is 11.4 Å². The van der Waals surface area contributed by atoms with Crippen molar-refractivity contribution in [1.82, 2.24) is 40.2 Å². The van der Waals surface area contributed by atoms with E-state index in [9.17, 15) is 18.8 Å². The smallest absolute Gasteiger partial charge is 0.319 e. The van der Waals surface area contributed by atoms with Crippen molar-refractivity contribution in [3.63, 3.8) is 0 Å². The minimum atomic E-state index is -1.01. The first-order valence-corrected chi connectivity index (χ1v) is 14.6. The van der Waals surface area contributed by atoms with Crippen LogP contribution in [0.3, 0.4) is 0 Å². The average molecular weight is 592 g/mol. The van der Waals surface area contributed by atoms with E-state index in [1.54, 1.807) is 47.2 Å². The van der Waals surface area contributed by atoms with Gasteiger partial charge in [-0.2, -0.15) is 0 Å². The van der Waals surface area contributed by atoms with Gasteiger partial charge < -0.3 is 25.3 Å². The summed E-state index contributed by atoms with van der Waals surface area (Å²) in [5.74, 6) is 0.0654. The van der Waals surface area contributed by atoms with Gasteiger partial charge in [0.1, 0.15) is 11.9 Å². The van der Waals surface area contributed by atoms with Crippen LogP contribution in [-0.4, -0.2) is 105 Å². The molecular weight excluding hydrogens is 553 g/mol. The topological polar surface area (TPSA) is 129 Å². The summed E-state index contributed by atoms with van der Waals surface area (Å²) < 4.78 is 14.9. The van der Waals surface area contributed by atoms with Crippen LogP contribution in [0.1, 0.15) is 24.8 Å². The molecule has 3 heterocycles. The van der Waals surface area contributed by atoms with E-state index in [2.05, 4.69) is 31.1 Å². The molecule has 0 radical (unpaired) electrons. The standard InChI is InChI=1S/C30H38FN9O3/c1-37-13-15-39(16-14-37)29(42)26(33-30(43)32-25-7-3-6-23(18-25)28-34-35-36-38(28)2)19-27(41)40-12-4-5-22(20-40)17-21-8-10-24(31)11-9-21/h3,6-11,18,22,26H,4-5,12-17,19-20H2,1-2H3,(H2,32,33,43)/t22-,26-/m0/s1. The lowest BCUT2D eigenvalue weighted by Gasteiger charge is -2.36. The van der Waals surface area contributed by atoms with Crippen LogP contribution < -0.4 is 10.6 Å². The number of aryl methyl sites for hydroxylation is 1. The number of hydrogen-bond donors (Lipinski definition) is 2. The number of piperazine rings is 1. The Morgan fingerprint density at radius 2 is 1.77 bits per heavy atom. The fraction of sp³-hybridized carbons (Fsp3) is 0.467. The van der Waals surface area contributed by atoms with Crippen molar-refractivity contribution in [2.24, 2.45) is 13.0 Å². The van der Waals surface area contributed by atoms with Gasteiger partial charge >= 0.3 is 6.03 Å². The van der Waals surface area contributed by atoms with Crippen molar-refractivity contribution in [2.45, 2.75) is 31.7 Å². The number of benzene rings is 2. The number of urea groups is 1. The molecule has 2 atom stereocenters. The monoisotopic (exact) mass is 591 g/mol. The van der Waals surface area contributed by atoms with E-state index < -0.39 is 12.1 Å². The first-order chi connectivity index (χ1) is 20.7. The van der Waals surface area contributed by atoms with E-state index in [4.69, 9.17) is 0 Å². The summed E-state index contributed by atoms with van der Waals surface area (Å²) in [4.78, 5) is 46.0. The van der Waals surface area contributed by atoms with E-state index in [1.165, 1.54) is 16.8 Å². The summed E-state index contributed by atoms with van der Waals surface area (Å²) >= 11 is 0. The normalized spacial score (nSPS) is 18.3. The van der Waals surface area contributed by atoms with E-state index in [-0.39, 0.29) is 30.0 Å². The number of nitrogens with zero attached hydrogens (tertiary/aromatic N) is 7. The van der Waals surface area contributed by atoms with Gasteiger partial charge in [-0.15, -0.1) is 5.10 Å². The minimum absolute atomic E-state index is 0.132. The Morgan fingerprint density at radius 3 is 2.49 bits per heavy atom. The third-order valence-corrected chi connectivity index (χ3v) is 8.11. The number of aromatic nitrogens is 4. The molecule has 2 aliphatic rings. The van der Waals surface area contributed by atoms with Gasteiger partial charge in [-0.05, 0) is 72.5 Å². The zero-order valence-corrected chi connectivity index (χ0v) is 24.6. The number of piperidine rings is 1. The van der Waals surface area contributed by atoms with Gasteiger partial charge in [-0.25, -0.2) is 13.9 Å². The van der Waals surface area contributed by atoms with E-state index in [0.717, 1.165) is 37.9 Å². The number of hydrogen-bond acceptors (Lipinski definition) is 7. The lowest BCUT2D eigenvalue weighted by atomic mass is 9.91. The number of amides is 4. The van der Waals surface area contributed by atoms with Crippen molar-refractivity contribution in [2.75, 3.05) is 51.6 Å². The number of likely N-dealkylation sites (N-methyl/N-ethyl adjacent to an activating group) is 1. The Hall–Kier alpha value is -4.39. The SMILES string of the molecule is CN1CCN(C(=O)[C@H](CC(=O)N2CCC[C@@H](Cc3ccc(F)cc3)C2)NC(=O)Nc2cccc(-c3nnnn3C)c2)CC1. The molecule has 43 heavy (non-hydrogen) atoms. The predicted molar refractivity (Wildman–Crippen MR) is 158 cm³/mol. The predicted octanol–water partition coefficient (Wildman–Crippen LogP) is 2.15. The maximum atomic E-state index is 13.6. The lowest BCUT2D eigenvalue weighted by Crippen LogP contribution is -2.56. The zero-order chi connectivity index (χ0) is 30.3. The third-order valence-electron chi connectivity index (χ3n) is 8.11. The Labute approximate surface area is 250 Å². The highest BCUT2D eigenvalue weighted by Gasteiger charge is 2.33. The summed E-state index contributed by atoms with van der Waals surface area (Å²) in [7, 11) is 3.72. The van der Waals surface area contributed by atoms with Crippen LogP contribution in [0.2, 0.25) is 0 Å². The van der Waals surface area contributed by atoms with Crippen molar-refractivity contribution < 1.29 is 18.8 Å². The molecule has 0 saturated carbocycles. The van der Waals surface area contributed by atoms with E-state index >= 15 is 0 Å². The van der Waals surface area contributed by atoms with Crippen LogP contribution in [0, 0.1) is 11.7 Å². The van der Waals surface area contributed by atoms with Crippen molar-refractivity contribution >= 4 is 23.5 Å². The second-order valence-corrected chi connectivity index (χ2v) is 11.4. The van der Waals surface area contributed by atoms with Crippen molar-refractivity contribution in [1.29, 1.82) is 0 Å². The summed E-state index contributed by atoms with van der Waals surface area (Å²) in [5.41, 5.74) is 2.24. The molecule has 5 rings (SSSR count). The van der Waals surface area contributed by atoms with E-state index in [1.807, 2.05) is 13.1 Å². The molecule has 0 bridgehead atoms. The highest BCUT2D eigenvalue weighted by Crippen LogP contribution is 2.23. The minimum Gasteiger partial charge on any atom is -0.342 e. The van der Waals surface area contributed by atoms with Gasteiger partial charge in [0, 0.05) is 57.6 Å². The largest absolute Gasteiger partial charge is 0.342 e. The van der Waals surface area contributed by atoms with Gasteiger partial charge in [0.25, 0.3) is 0 Å². The highest BCUT2D eigenvalue weighted by atomic mass is 19.1. The zero-order valence-electron chi connectivity index (χ0n) is 24.6. The number of likely N-dealkylation sites (tertiary alicyclic amines) is 1. The van der Waals surface area contributed by atoms with Crippen LogP contribution in [0.4, 0.5) is 14.9 Å². The molecule has 0 unspecified atom stereocenters. The van der Waals surface area contributed by atoms with E-state index in [0.29, 0.717) is 43.3 Å². The highest BCUT2D eigenvalue weighted by molar-refractivity contribution is 5.96. The van der Waals surface area contributed by atoms with Gasteiger partial charge in [0.05, 0.1) is 6.42 Å². The Kier molecular flexibility index (Phi) is 9.60. The lowest BCUT2D eigenvalue weighted by molar-refractivity contribution is -0.140. The van der Waals surface area contributed by atoms with Crippen molar-refractivity contribution in [3.8, 4) is 11.4 Å². The molecule has 2 fully saturated rings. The molecular formula is C30H38FN9O3. The summed E-state index contributed by atoms with van der Waals surface area (Å²) in [5, 5.41) is 17.1. The number of anilines is 1. The quantitative estimate of drug-likeness (QED) is 0.411. The third kappa shape index (κ3) is 7.92. The van der Waals surface area contributed by atoms with Crippen LogP contribution in [-0.2, 0) is 23.1 Å². The number of halogens is 1. The van der Waals surface area contributed by atoms with Crippen LogP contribution in [0.15, 0.2) is 48.5 Å². The molecule has 2 aromatic carbocycles. The fourth-order valence-electron chi connectivity index (χ4n) is 5.70.